The van der Waals surface area contributed by atoms with Crippen LogP contribution in [0.4, 0.5) is 0 Å². The minimum Gasteiger partial charge on any atom is -0.493 e. The molecule has 0 radical (unpaired) electrons. The molecule has 0 saturated carbocycles. The predicted molar refractivity (Wildman–Crippen MR) is 164 cm³/mol. The first-order valence-corrected chi connectivity index (χ1v) is 14.5. The van der Waals surface area contributed by atoms with Crippen molar-refractivity contribution in [3.8, 4) is 11.5 Å². The van der Waals surface area contributed by atoms with Crippen molar-refractivity contribution in [1.82, 2.24) is 5.43 Å². The number of carbonyl (C=O) groups excluding carboxylic acids is 1. The minimum absolute atomic E-state index is 0.272. The van der Waals surface area contributed by atoms with Gasteiger partial charge < -0.3 is 9.47 Å². The Hall–Kier alpha value is -2.68. The molecule has 0 aliphatic heterocycles. The van der Waals surface area contributed by atoms with Crippen molar-refractivity contribution in [1.29, 1.82) is 0 Å². The van der Waals surface area contributed by atoms with E-state index in [2.05, 4.69) is 26.5 Å². The Balaban J connectivity index is 1.33. The number of hydrazone groups is 1. The van der Waals surface area contributed by atoms with E-state index < -0.39 is 0 Å². The number of amides is 1. The van der Waals surface area contributed by atoms with Gasteiger partial charge in [-0.1, -0.05) is 53.0 Å². The molecular formula is C29H22BrCl3N2O3S. The van der Waals surface area contributed by atoms with Crippen LogP contribution in [0.25, 0.3) is 0 Å². The van der Waals surface area contributed by atoms with E-state index in [-0.39, 0.29) is 12.5 Å². The number of halogens is 4. The summed E-state index contributed by atoms with van der Waals surface area (Å²) in [7, 11) is 1.55. The average Bonchev–Trinajstić information content (AvgIpc) is 2.94. The van der Waals surface area contributed by atoms with Crippen LogP contribution in [0, 0.1) is 0 Å². The molecule has 39 heavy (non-hydrogen) atoms. The molecule has 10 heteroatoms. The lowest BCUT2D eigenvalue weighted by atomic mass is 10.1. The van der Waals surface area contributed by atoms with E-state index in [1.165, 1.54) is 6.21 Å². The maximum absolute atomic E-state index is 12.6. The molecule has 0 spiro atoms. The summed E-state index contributed by atoms with van der Waals surface area (Å²) in [5.41, 5.74) is 5.74. The zero-order chi connectivity index (χ0) is 27.8. The molecule has 0 aromatic heterocycles. The third kappa shape index (κ3) is 8.40. The van der Waals surface area contributed by atoms with Crippen molar-refractivity contribution in [3.05, 3.63) is 121 Å². The smallest absolute Gasteiger partial charge is 0.271 e. The topological polar surface area (TPSA) is 59.9 Å². The molecule has 5 nitrogen and oxygen atoms in total. The first-order chi connectivity index (χ1) is 18.8. The number of benzene rings is 4. The van der Waals surface area contributed by atoms with Crippen LogP contribution in [0.1, 0.15) is 27.0 Å². The Kier molecular flexibility index (Phi) is 10.6. The summed E-state index contributed by atoms with van der Waals surface area (Å²) >= 11 is 23.2. The Morgan fingerprint density at radius 3 is 2.36 bits per heavy atom. The van der Waals surface area contributed by atoms with Gasteiger partial charge in [-0.05, 0) is 93.3 Å². The van der Waals surface area contributed by atoms with Crippen LogP contribution in [-0.2, 0) is 12.4 Å². The summed E-state index contributed by atoms with van der Waals surface area (Å²) in [6.07, 6.45) is 1.53. The maximum Gasteiger partial charge on any atom is 0.271 e. The van der Waals surface area contributed by atoms with Gasteiger partial charge in [0.15, 0.2) is 11.5 Å². The number of thioether (sulfide) groups is 1. The molecule has 0 aliphatic rings. The zero-order valence-electron chi connectivity index (χ0n) is 20.6. The molecule has 4 rings (SSSR count). The molecule has 0 fully saturated rings. The molecule has 0 unspecified atom stereocenters. The SMILES string of the molecule is COc1cc(/C=N/NC(=O)c2ccc(CSc3ccc(Cl)cc3)cc2)cc(Br)c1OCc1ccc(Cl)c(Cl)c1. The Labute approximate surface area is 254 Å². The zero-order valence-corrected chi connectivity index (χ0v) is 25.3. The van der Waals surface area contributed by atoms with Crippen molar-refractivity contribution in [2.75, 3.05) is 7.11 Å². The monoisotopic (exact) mass is 662 g/mol. The Morgan fingerprint density at radius 2 is 1.67 bits per heavy atom. The number of rotatable bonds is 10. The minimum atomic E-state index is -0.309. The lowest BCUT2D eigenvalue weighted by Crippen LogP contribution is -2.17. The van der Waals surface area contributed by atoms with E-state index in [1.54, 1.807) is 49.2 Å². The van der Waals surface area contributed by atoms with Gasteiger partial charge in [-0.2, -0.15) is 5.10 Å². The second-order valence-electron chi connectivity index (χ2n) is 8.21. The highest BCUT2D eigenvalue weighted by molar-refractivity contribution is 9.10. The van der Waals surface area contributed by atoms with E-state index >= 15 is 0 Å². The van der Waals surface area contributed by atoms with Crippen LogP contribution in [0.5, 0.6) is 11.5 Å². The molecule has 1 N–H and O–H groups in total. The standard InChI is InChI=1S/C29H22BrCl3N2O3S/c1-37-27-14-20(12-24(30)28(27)38-16-19-4-11-25(32)26(33)13-19)15-34-35-29(36)21-5-2-18(3-6-21)17-39-23-9-7-22(31)8-10-23/h2-15H,16-17H2,1H3,(H,35,36)/b34-15+. The number of ether oxygens (including phenoxy) is 2. The summed E-state index contributed by atoms with van der Waals surface area (Å²) in [4.78, 5) is 13.7. The number of nitrogens with zero attached hydrogens (tertiary/aromatic N) is 1. The van der Waals surface area contributed by atoms with Crippen molar-refractivity contribution >= 4 is 74.6 Å². The molecular weight excluding hydrogens is 643 g/mol. The first kappa shape index (κ1) is 29.3. The van der Waals surface area contributed by atoms with E-state index in [1.807, 2.05) is 48.5 Å². The molecule has 200 valence electrons. The van der Waals surface area contributed by atoms with Crippen LogP contribution < -0.4 is 14.9 Å². The number of carbonyl (C=O) groups is 1. The van der Waals surface area contributed by atoms with Gasteiger partial charge in [0.25, 0.3) is 5.91 Å². The Morgan fingerprint density at radius 1 is 0.949 bits per heavy atom. The predicted octanol–water partition coefficient (Wildman–Crippen LogP) is 9.05. The summed E-state index contributed by atoms with van der Waals surface area (Å²) < 4.78 is 12.1. The fourth-order valence-electron chi connectivity index (χ4n) is 3.42. The van der Waals surface area contributed by atoms with Crippen molar-refractivity contribution in [2.45, 2.75) is 17.3 Å². The highest BCUT2D eigenvalue weighted by Crippen LogP contribution is 2.37. The second kappa shape index (κ2) is 14.1. The highest BCUT2D eigenvalue weighted by atomic mass is 79.9. The molecule has 4 aromatic rings. The lowest BCUT2D eigenvalue weighted by molar-refractivity contribution is 0.0955. The van der Waals surface area contributed by atoms with E-state index in [4.69, 9.17) is 44.3 Å². The van der Waals surface area contributed by atoms with Gasteiger partial charge >= 0.3 is 0 Å². The molecule has 1 amide bonds. The molecule has 0 heterocycles. The van der Waals surface area contributed by atoms with Gasteiger partial charge in [-0.25, -0.2) is 5.43 Å². The van der Waals surface area contributed by atoms with Crippen molar-refractivity contribution < 1.29 is 14.3 Å². The highest BCUT2D eigenvalue weighted by Gasteiger charge is 2.12. The van der Waals surface area contributed by atoms with Crippen molar-refractivity contribution in [2.24, 2.45) is 5.10 Å². The van der Waals surface area contributed by atoms with Crippen LogP contribution in [0.2, 0.25) is 15.1 Å². The van der Waals surface area contributed by atoms with Gasteiger partial charge in [0, 0.05) is 21.2 Å². The summed E-state index contributed by atoms with van der Waals surface area (Å²) in [5.74, 6) is 1.50. The fourth-order valence-corrected chi connectivity index (χ4v) is 5.29. The third-order valence-electron chi connectivity index (χ3n) is 5.43. The maximum atomic E-state index is 12.6. The number of methoxy groups -OCH3 is 1. The van der Waals surface area contributed by atoms with Gasteiger partial charge in [-0.3, -0.25) is 4.79 Å². The van der Waals surface area contributed by atoms with E-state index in [9.17, 15) is 4.79 Å². The largest absolute Gasteiger partial charge is 0.493 e. The van der Waals surface area contributed by atoms with Gasteiger partial charge in [0.05, 0.1) is 27.8 Å². The van der Waals surface area contributed by atoms with E-state index in [0.29, 0.717) is 42.2 Å². The number of hydrogen-bond donors (Lipinski definition) is 1. The quantitative estimate of drug-likeness (QED) is 0.104. The average molecular weight is 665 g/mol. The summed E-state index contributed by atoms with van der Waals surface area (Å²) in [6, 6.07) is 24.0. The van der Waals surface area contributed by atoms with Crippen LogP contribution in [-0.4, -0.2) is 19.2 Å². The van der Waals surface area contributed by atoms with Gasteiger partial charge in [-0.15, -0.1) is 11.8 Å². The first-order valence-electron chi connectivity index (χ1n) is 11.6. The Bertz CT molecular complexity index is 1480. The van der Waals surface area contributed by atoms with Crippen LogP contribution >= 0.6 is 62.5 Å². The summed E-state index contributed by atoms with van der Waals surface area (Å²) in [5, 5.41) is 5.75. The molecule has 0 atom stereocenters. The lowest BCUT2D eigenvalue weighted by Gasteiger charge is -2.14. The summed E-state index contributed by atoms with van der Waals surface area (Å²) in [6.45, 7) is 0.272. The molecule has 0 bridgehead atoms. The molecule has 4 aromatic carbocycles. The molecule has 0 saturated heterocycles. The van der Waals surface area contributed by atoms with Crippen LogP contribution in [0.3, 0.4) is 0 Å². The van der Waals surface area contributed by atoms with Crippen molar-refractivity contribution in [3.63, 3.8) is 0 Å². The third-order valence-corrected chi connectivity index (χ3v) is 8.10. The van der Waals surface area contributed by atoms with Gasteiger partial charge in [0.2, 0.25) is 0 Å². The fraction of sp³-hybridized carbons (Fsp3) is 0.103. The van der Waals surface area contributed by atoms with E-state index in [0.717, 1.165) is 21.8 Å². The molecule has 0 aliphatic carbocycles. The second-order valence-corrected chi connectivity index (χ2v) is 11.4. The van der Waals surface area contributed by atoms with Crippen LogP contribution in [0.15, 0.2) is 93.3 Å². The van der Waals surface area contributed by atoms with Gasteiger partial charge in [0.1, 0.15) is 6.61 Å². The number of nitrogens with one attached hydrogen (secondary N) is 1. The normalized spacial score (nSPS) is 11.0. The number of hydrogen-bond acceptors (Lipinski definition) is 5.